The normalized spacial score (nSPS) is 17.6. The second kappa shape index (κ2) is 12.3. The van der Waals surface area contributed by atoms with Crippen molar-refractivity contribution in [3.05, 3.63) is 94.7 Å². The summed E-state index contributed by atoms with van der Waals surface area (Å²) in [7, 11) is -1.62. The number of fused-ring (bicyclic) bond motifs is 1. The molecule has 12 heteroatoms. The summed E-state index contributed by atoms with van der Waals surface area (Å²) in [6, 6.07) is 18.8. The molecule has 1 N–H and O–H groups in total. The van der Waals surface area contributed by atoms with E-state index in [1.54, 1.807) is 18.3 Å². The highest BCUT2D eigenvalue weighted by atomic mass is 32.2. The van der Waals surface area contributed by atoms with E-state index in [9.17, 15) is 13.2 Å². The van der Waals surface area contributed by atoms with Crippen molar-refractivity contribution >= 4 is 32.7 Å². The molecule has 0 radical (unpaired) electrons. The first-order valence-corrected chi connectivity index (χ1v) is 17.2. The largest absolute Gasteiger partial charge is 0.489 e. The van der Waals surface area contributed by atoms with Crippen molar-refractivity contribution in [2.45, 2.75) is 56.9 Å². The number of hydrogen-bond acceptors (Lipinski definition) is 9. The van der Waals surface area contributed by atoms with E-state index in [0.717, 1.165) is 59.0 Å². The van der Waals surface area contributed by atoms with Crippen LogP contribution in [0.4, 0.5) is 11.6 Å². The SMILES string of the molecule is Cc1ccccc1-c1cc2cnc(Nc3ccc(OC4CCN(C)C4)cc3)nc2n(Cc2ccnn2S(=O)(=O)C2CCCC2)c1=O. The van der Waals surface area contributed by atoms with Crippen molar-refractivity contribution in [3.63, 3.8) is 0 Å². The first-order chi connectivity index (χ1) is 22.3. The number of hydrogen-bond donors (Lipinski definition) is 1. The predicted octanol–water partition coefficient (Wildman–Crippen LogP) is 4.96. The zero-order valence-corrected chi connectivity index (χ0v) is 26.8. The molecule has 46 heavy (non-hydrogen) atoms. The molecular formula is C34H37N7O4S. The van der Waals surface area contributed by atoms with E-state index in [2.05, 4.69) is 27.3 Å². The molecule has 238 valence electrons. The average molecular weight is 640 g/mol. The second-order valence-corrected chi connectivity index (χ2v) is 14.3. The molecule has 2 aromatic carbocycles. The fraction of sp³-hybridized carbons (Fsp3) is 0.353. The summed E-state index contributed by atoms with van der Waals surface area (Å²) in [5.41, 5.74) is 3.50. The van der Waals surface area contributed by atoms with Crippen LogP contribution in [-0.4, -0.2) is 68.5 Å². The van der Waals surface area contributed by atoms with Crippen molar-refractivity contribution in [1.29, 1.82) is 0 Å². The molecule has 0 bridgehead atoms. The fourth-order valence-corrected chi connectivity index (χ4v) is 8.36. The molecule has 1 aliphatic carbocycles. The number of aryl methyl sites for hydroxylation is 1. The minimum absolute atomic E-state index is 0.0279. The lowest BCUT2D eigenvalue weighted by molar-refractivity contribution is 0.208. The van der Waals surface area contributed by atoms with Crippen molar-refractivity contribution in [2.24, 2.45) is 0 Å². The van der Waals surface area contributed by atoms with Crippen molar-refractivity contribution in [3.8, 4) is 16.9 Å². The molecule has 2 fully saturated rings. The number of pyridine rings is 1. The van der Waals surface area contributed by atoms with Crippen LogP contribution >= 0.6 is 0 Å². The first-order valence-electron chi connectivity index (χ1n) is 15.7. The second-order valence-electron chi connectivity index (χ2n) is 12.3. The molecule has 3 aromatic heterocycles. The van der Waals surface area contributed by atoms with Gasteiger partial charge in [0.15, 0.2) is 0 Å². The number of nitrogens with zero attached hydrogens (tertiary/aromatic N) is 6. The summed E-state index contributed by atoms with van der Waals surface area (Å²) >= 11 is 0. The van der Waals surface area contributed by atoms with E-state index in [-0.39, 0.29) is 18.2 Å². The first kappa shape index (κ1) is 30.1. The van der Waals surface area contributed by atoms with Gasteiger partial charge in [-0.25, -0.2) is 13.4 Å². The zero-order valence-electron chi connectivity index (χ0n) is 26.0. The third-order valence-electron chi connectivity index (χ3n) is 8.99. The quantitative estimate of drug-likeness (QED) is 0.238. The minimum Gasteiger partial charge on any atom is -0.489 e. The van der Waals surface area contributed by atoms with Gasteiger partial charge in [0, 0.05) is 35.9 Å². The van der Waals surface area contributed by atoms with Crippen LogP contribution in [0, 0.1) is 6.92 Å². The summed E-state index contributed by atoms with van der Waals surface area (Å²) in [5.74, 6) is 1.11. The lowest BCUT2D eigenvalue weighted by Crippen LogP contribution is -2.30. The molecule has 1 saturated carbocycles. The average Bonchev–Trinajstić information content (AvgIpc) is 3.84. The van der Waals surface area contributed by atoms with Gasteiger partial charge in [-0.05, 0) is 80.8 Å². The summed E-state index contributed by atoms with van der Waals surface area (Å²) in [5, 5.41) is 7.62. The van der Waals surface area contributed by atoms with Gasteiger partial charge >= 0.3 is 0 Å². The molecule has 1 unspecified atom stereocenters. The maximum atomic E-state index is 14.2. The maximum Gasteiger partial charge on any atom is 0.260 e. The zero-order chi connectivity index (χ0) is 31.8. The molecule has 2 aliphatic rings. The van der Waals surface area contributed by atoms with Gasteiger partial charge in [-0.3, -0.25) is 9.36 Å². The van der Waals surface area contributed by atoms with E-state index < -0.39 is 15.3 Å². The Balaban J connectivity index is 1.25. The lowest BCUT2D eigenvalue weighted by atomic mass is 10.0. The van der Waals surface area contributed by atoms with E-state index in [4.69, 9.17) is 9.72 Å². The molecule has 0 amide bonds. The number of likely N-dealkylation sites (tertiary alicyclic amines) is 1. The standard InChI is InChI=1S/C34H37N7O4S/c1-23-7-3-6-10-30(23)31-19-24-20-35-34(37-25-11-13-27(14-12-25)45-28-16-18-39(2)22-28)38-32(24)40(33(31)42)21-26-15-17-36-41(26)46(43,44)29-8-4-5-9-29/h3,6-7,10-15,17,19-20,28-29H,4-5,8-9,16,18,21-22H2,1-2H3,(H,35,37,38). The number of likely N-dealkylation sites (N-methyl/N-ethyl adjacent to an activating group) is 1. The third-order valence-corrected chi connectivity index (χ3v) is 11.1. The van der Waals surface area contributed by atoms with Crippen LogP contribution in [0.5, 0.6) is 5.75 Å². The Kier molecular flexibility index (Phi) is 8.07. The van der Waals surface area contributed by atoms with Crippen LogP contribution < -0.4 is 15.6 Å². The van der Waals surface area contributed by atoms with Crippen molar-refractivity contribution < 1.29 is 13.2 Å². The highest BCUT2D eigenvalue weighted by Crippen LogP contribution is 2.28. The van der Waals surface area contributed by atoms with Crippen molar-refractivity contribution in [2.75, 3.05) is 25.5 Å². The van der Waals surface area contributed by atoms with Gasteiger partial charge in [-0.15, -0.1) is 0 Å². The van der Waals surface area contributed by atoms with Gasteiger partial charge in [-0.2, -0.15) is 14.2 Å². The molecule has 0 spiro atoms. The minimum atomic E-state index is -3.71. The highest BCUT2D eigenvalue weighted by Gasteiger charge is 2.32. The molecule has 4 heterocycles. The molecule has 1 aliphatic heterocycles. The van der Waals surface area contributed by atoms with E-state index in [1.807, 2.05) is 55.5 Å². The topological polar surface area (TPSA) is 124 Å². The molecule has 1 atom stereocenters. The Hall–Kier alpha value is -4.55. The van der Waals surface area contributed by atoms with Gasteiger partial charge in [-0.1, -0.05) is 37.1 Å². The highest BCUT2D eigenvalue weighted by molar-refractivity contribution is 7.90. The van der Waals surface area contributed by atoms with E-state index in [0.29, 0.717) is 41.1 Å². The number of anilines is 2. The van der Waals surface area contributed by atoms with Gasteiger partial charge in [0.25, 0.3) is 15.6 Å². The predicted molar refractivity (Wildman–Crippen MR) is 178 cm³/mol. The Morgan fingerprint density at radius 3 is 2.52 bits per heavy atom. The van der Waals surface area contributed by atoms with Crippen LogP contribution in [0.3, 0.4) is 0 Å². The Bertz CT molecular complexity index is 2050. The van der Waals surface area contributed by atoms with Crippen molar-refractivity contribution in [1.82, 2.24) is 28.6 Å². The molecule has 7 rings (SSSR count). The Morgan fingerprint density at radius 1 is 1.00 bits per heavy atom. The number of ether oxygens (including phenoxy) is 1. The molecule has 11 nitrogen and oxygen atoms in total. The van der Waals surface area contributed by atoms with E-state index in [1.165, 1.54) is 10.8 Å². The van der Waals surface area contributed by atoms with Crippen LogP contribution in [0.15, 0.2) is 77.9 Å². The Morgan fingerprint density at radius 2 is 1.78 bits per heavy atom. The summed E-state index contributed by atoms with van der Waals surface area (Å²) in [4.78, 5) is 25.8. The summed E-state index contributed by atoms with van der Waals surface area (Å²) < 4.78 is 35.8. The van der Waals surface area contributed by atoms with Crippen LogP contribution in [0.1, 0.15) is 43.4 Å². The number of aromatic nitrogens is 5. The maximum absolute atomic E-state index is 14.2. The fourth-order valence-electron chi connectivity index (χ4n) is 6.51. The number of benzene rings is 2. The smallest absolute Gasteiger partial charge is 0.260 e. The van der Waals surface area contributed by atoms with Gasteiger partial charge in [0.1, 0.15) is 17.5 Å². The third kappa shape index (κ3) is 5.90. The molecule has 1 saturated heterocycles. The van der Waals surface area contributed by atoms with Gasteiger partial charge in [0.2, 0.25) is 5.95 Å². The lowest BCUT2D eigenvalue weighted by Gasteiger charge is -2.17. The monoisotopic (exact) mass is 639 g/mol. The summed E-state index contributed by atoms with van der Waals surface area (Å²) in [6.07, 6.45) is 7.32. The number of nitrogens with one attached hydrogen (secondary N) is 1. The van der Waals surface area contributed by atoms with E-state index >= 15 is 0 Å². The van der Waals surface area contributed by atoms with Crippen LogP contribution in [0.25, 0.3) is 22.2 Å². The Labute approximate surface area is 267 Å². The van der Waals surface area contributed by atoms with Gasteiger partial charge in [0.05, 0.1) is 23.7 Å². The molecular weight excluding hydrogens is 602 g/mol. The summed E-state index contributed by atoms with van der Waals surface area (Å²) in [6.45, 7) is 3.86. The van der Waals surface area contributed by atoms with Gasteiger partial charge < -0.3 is 15.0 Å². The van der Waals surface area contributed by atoms with Crippen LogP contribution in [-0.2, 0) is 16.6 Å². The van der Waals surface area contributed by atoms with Crippen LogP contribution in [0.2, 0.25) is 0 Å². The number of rotatable bonds is 9. The molecule has 5 aromatic rings.